The number of nitrogens with one attached hydrogen (secondary N) is 2. The molecule has 1 unspecified atom stereocenters. The topological polar surface area (TPSA) is 114 Å². The first-order valence-electron chi connectivity index (χ1n) is 10.3. The lowest BCUT2D eigenvalue weighted by molar-refractivity contribution is -0.140. The summed E-state index contributed by atoms with van der Waals surface area (Å²) in [5.41, 5.74) is 0.910. The zero-order valence-electron chi connectivity index (χ0n) is 17.8. The van der Waals surface area contributed by atoms with Gasteiger partial charge >= 0.3 is 11.8 Å². The number of rotatable bonds is 8. The first-order chi connectivity index (χ1) is 15.4. The lowest BCUT2D eigenvalue weighted by atomic mass is 10.1. The molecule has 1 aliphatic rings. The van der Waals surface area contributed by atoms with Crippen molar-refractivity contribution in [1.82, 2.24) is 14.9 Å². The van der Waals surface area contributed by atoms with Crippen molar-refractivity contribution >= 4 is 21.8 Å². The quantitative estimate of drug-likeness (QED) is 0.565. The monoisotopic (exact) mass is 461 g/mol. The number of hydrogen-bond donors (Lipinski definition) is 2. The summed E-state index contributed by atoms with van der Waals surface area (Å²) in [5, 5.41) is 5.03. The maximum Gasteiger partial charge on any atom is 0.309 e. The van der Waals surface area contributed by atoms with Crippen LogP contribution in [0.4, 0.5) is 0 Å². The second kappa shape index (κ2) is 11.1. The van der Waals surface area contributed by atoms with Gasteiger partial charge in [0, 0.05) is 13.1 Å². The van der Waals surface area contributed by atoms with Gasteiger partial charge in [-0.2, -0.15) is 4.31 Å². The van der Waals surface area contributed by atoms with Gasteiger partial charge in [0.15, 0.2) is 0 Å². The van der Waals surface area contributed by atoms with Crippen molar-refractivity contribution in [2.24, 2.45) is 0 Å². The minimum absolute atomic E-state index is 0.134. The molecule has 0 radical (unpaired) electrons. The molecular formula is C22H27N3O6S. The number of para-hydroxylation sites is 1. The van der Waals surface area contributed by atoms with E-state index in [4.69, 9.17) is 9.47 Å². The molecule has 1 aliphatic heterocycles. The van der Waals surface area contributed by atoms with Crippen molar-refractivity contribution < 1.29 is 27.5 Å². The minimum atomic E-state index is -3.79. The molecule has 1 heterocycles. The molecule has 2 amide bonds. The zero-order chi connectivity index (χ0) is 23.0. The number of nitrogens with zero attached hydrogens (tertiary/aromatic N) is 1. The Labute approximate surface area is 187 Å². The molecule has 10 heteroatoms. The van der Waals surface area contributed by atoms with Crippen molar-refractivity contribution in [3.05, 3.63) is 60.2 Å². The third kappa shape index (κ3) is 5.84. The molecule has 0 spiro atoms. The van der Waals surface area contributed by atoms with E-state index in [9.17, 15) is 18.0 Å². The van der Waals surface area contributed by atoms with E-state index in [0.29, 0.717) is 25.2 Å². The number of carbonyl (C=O) groups is 2. The van der Waals surface area contributed by atoms with Crippen LogP contribution in [0.3, 0.4) is 0 Å². The van der Waals surface area contributed by atoms with Gasteiger partial charge in [-0.25, -0.2) is 8.42 Å². The molecule has 0 bridgehead atoms. The Morgan fingerprint density at radius 3 is 2.50 bits per heavy atom. The van der Waals surface area contributed by atoms with Crippen LogP contribution in [0.25, 0.3) is 0 Å². The molecule has 1 atom stereocenters. The third-order valence-corrected chi connectivity index (χ3v) is 6.92. The number of carbonyl (C=O) groups excluding carboxylic acids is 2. The number of ether oxygens (including phenoxy) is 2. The summed E-state index contributed by atoms with van der Waals surface area (Å²) in [6.07, 6.45) is 0.150. The average Bonchev–Trinajstić information content (AvgIpc) is 2.83. The number of sulfonamides is 1. The second-order valence-corrected chi connectivity index (χ2v) is 9.03. The highest BCUT2D eigenvalue weighted by molar-refractivity contribution is 7.89. The number of methoxy groups -OCH3 is 1. The Hall–Kier alpha value is -2.95. The van der Waals surface area contributed by atoms with Gasteiger partial charge in [-0.05, 0) is 36.6 Å². The van der Waals surface area contributed by atoms with Crippen LogP contribution in [-0.2, 0) is 30.8 Å². The second-order valence-electron chi connectivity index (χ2n) is 7.14. The van der Waals surface area contributed by atoms with E-state index in [2.05, 4.69) is 10.6 Å². The van der Waals surface area contributed by atoms with Crippen LogP contribution in [0.5, 0.6) is 5.75 Å². The molecule has 2 N–H and O–H groups in total. The van der Waals surface area contributed by atoms with Crippen molar-refractivity contribution in [3.8, 4) is 5.75 Å². The van der Waals surface area contributed by atoms with Gasteiger partial charge < -0.3 is 20.1 Å². The molecule has 2 aromatic carbocycles. The standard InChI is InChI=1S/C22H27N3O6S/c1-30-19-11-6-5-8-17(19)12-13-23-21(26)22(27)24-16-20-25(14-7-15-31-20)32(28,29)18-9-3-2-4-10-18/h2-6,8-11,20H,7,12-16H2,1H3,(H,23,26)(H,24,27). The van der Waals surface area contributed by atoms with Gasteiger partial charge in [-0.1, -0.05) is 36.4 Å². The van der Waals surface area contributed by atoms with Crippen LogP contribution < -0.4 is 15.4 Å². The molecule has 1 saturated heterocycles. The summed E-state index contributed by atoms with van der Waals surface area (Å²) in [5.74, 6) is -0.940. The molecule has 0 aromatic heterocycles. The molecule has 0 saturated carbocycles. The number of benzene rings is 2. The van der Waals surface area contributed by atoms with E-state index < -0.39 is 28.1 Å². The van der Waals surface area contributed by atoms with E-state index in [1.165, 1.54) is 16.4 Å². The van der Waals surface area contributed by atoms with E-state index in [-0.39, 0.29) is 24.5 Å². The predicted molar refractivity (Wildman–Crippen MR) is 117 cm³/mol. The maximum atomic E-state index is 12.9. The summed E-state index contributed by atoms with van der Waals surface area (Å²) in [6.45, 7) is 0.751. The van der Waals surface area contributed by atoms with E-state index in [1.54, 1.807) is 25.3 Å². The number of hydrogen-bond acceptors (Lipinski definition) is 6. The summed E-state index contributed by atoms with van der Waals surface area (Å²) < 4.78 is 38.0. The van der Waals surface area contributed by atoms with Gasteiger partial charge in [-0.15, -0.1) is 0 Å². The summed E-state index contributed by atoms with van der Waals surface area (Å²) in [6, 6.07) is 15.5. The van der Waals surface area contributed by atoms with Crippen LogP contribution in [0.15, 0.2) is 59.5 Å². The minimum Gasteiger partial charge on any atom is -0.496 e. The zero-order valence-corrected chi connectivity index (χ0v) is 18.6. The third-order valence-electron chi connectivity index (χ3n) is 5.02. The molecule has 172 valence electrons. The Kier molecular flexibility index (Phi) is 8.20. The fourth-order valence-corrected chi connectivity index (χ4v) is 4.98. The molecule has 9 nitrogen and oxygen atoms in total. The molecular weight excluding hydrogens is 434 g/mol. The fourth-order valence-electron chi connectivity index (χ4n) is 3.39. The molecule has 1 fully saturated rings. The molecule has 32 heavy (non-hydrogen) atoms. The lowest BCUT2D eigenvalue weighted by Gasteiger charge is -2.34. The van der Waals surface area contributed by atoms with Gasteiger partial charge in [0.2, 0.25) is 10.0 Å². The van der Waals surface area contributed by atoms with E-state index in [1.807, 2.05) is 24.3 Å². The van der Waals surface area contributed by atoms with Crippen molar-refractivity contribution in [2.45, 2.75) is 24.0 Å². The smallest absolute Gasteiger partial charge is 0.309 e. The Bertz CT molecular complexity index is 1030. The molecule has 3 rings (SSSR count). The van der Waals surface area contributed by atoms with Gasteiger partial charge in [-0.3, -0.25) is 9.59 Å². The van der Waals surface area contributed by atoms with Crippen LogP contribution in [0, 0.1) is 0 Å². The average molecular weight is 462 g/mol. The van der Waals surface area contributed by atoms with Gasteiger partial charge in [0.1, 0.15) is 12.0 Å². The first-order valence-corrected chi connectivity index (χ1v) is 11.7. The van der Waals surface area contributed by atoms with Crippen molar-refractivity contribution in [1.29, 1.82) is 0 Å². The van der Waals surface area contributed by atoms with Crippen LogP contribution in [-0.4, -0.2) is 64.1 Å². The van der Waals surface area contributed by atoms with Crippen LogP contribution in [0.1, 0.15) is 12.0 Å². The van der Waals surface area contributed by atoms with Crippen LogP contribution in [0.2, 0.25) is 0 Å². The van der Waals surface area contributed by atoms with Crippen molar-refractivity contribution in [3.63, 3.8) is 0 Å². The highest BCUT2D eigenvalue weighted by Gasteiger charge is 2.34. The van der Waals surface area contributed by atoms with Gasteiger partial charge in [0.05, 0.1) is 25.2 Å². The Morgan fingerprint density at radius 1 is 1.06 bits per heavy atom. The summed E-state index contributed by atoms with van der Waals surface area (Å²) in [4.78, 5) is 24.5. The summed E-state index contributed by atoms with van der Waals surface area (Å²) >= 11 is 0. The number of amides is 2. The van der Waals surface area contributed by atoms with Crippen LogP contribution >= 0.6 is 0 Å². The van der Waals surface area contributed by atoms with Gasteiger partial charge in [0.25, 0.3) is 0 Å². The Balaban J connectivity index is 1.52. The molecule has 0 aliphatic carbocycles. The summed E-state index contributed by atoms with van der Waals surface area (Å²) in [7, 11) is -2.22. The maximum absolute atomic E-state index is 12.9. The largest absolute Gasteiger partial charge is 0.496 e. The highest BCUT2D eigenvalue weighted by atomic mass is 32.2. The highest BCUT2D eigenvalue weighted by Crippen LogP contribution is 2.21. The lowest BCUT2D eigenvalue weighted by Crippen LogP contribution is -2.53. The molecule has 2 aromatic rings. The first kappa shape index (κ1) is 23.7. The Morgan fingerprint density at radius 2 is 1.75 bits per heavy atom. The normalized spacial score (nSPS) is 16.8. The van der Waals surface area contributed by atoms with E-state index in [0.717, 1.165) is 5.56 Å². The predicted octanol–water partition coefficient (Wildman–Crippen LogP) is 0.907. The SMILES string of the molecule is COc1ccccc1CCNC(=O)C(=O)NCC1OCCCN1S(=O)(=O)c1ccccc1. The fraction of sp³-hybridized carbons (Fsp3) is 0.364. The van der Waals surface area contributed by atoms with E-state index >= 15 is 0 Å². The van der Waals surface area contributed by atoms with Crippen molar-refractivity contribution in [2.75, 3.05) is 33.4 Å².